The first-order valence-electron chi connectivity index (χ1n) is 8.98. The van der Waals surface area contributed by atoms with Crippen LogP contribution in [0.3, 0.4) is 0 Å². The van der Waals surface area contributed by atoms with Gasteiger partial charge in [-0.05, 0) is 44.4 Å². The molecule has 25 heavy (non-hydrogen) atoms. The Labute approximate surface area is 150 Å². The van der Waals surface area contributed by atoms with Crippen molar-refractivity contribution in [2.45, 2.75) is 51.3 Å². The topological polar surface area (TPSA) is 75.7 Å². The highest BCUT2D eigenvalue weighted by molar-refractivity contribution is 7.89. The molecule has 1 heterocycles. The number of hydrogen-bond donors (Lipinski definition) is 1. The minimum Gasteiger partial charge on any atom is -0.492 e. The standard InChI is InChI=1S/C18H28N2O4S/c1-4-8-14(3)18(21)19-15-9-10-16(24-5-2)17(13-15)25(22,23)20-11-6-7-12-20/h9-10,13-14H,4-8,11-12H2,1-3H3,(H,19,21). The largest absolute Gasteiger partial charge is 0.492 e. The number of amides is 1. The molecule has 1 N–H and O–H groups in total. The molecule has 0 spiro atoms. The summed E-state index contributed by atoms with van der Waals surface area (Å²) in [4.78, 5) is 12.4. The van der Waals surface area contributed by atoms with Crippen molar-refractivity contribution in [2.75, 3.05) is 25.0 Å². The number of nitrogens with one attached hydrogen (secondary N) is 1. The summed E-state index contributed by atoms with van der Waals surface area (Å²) in [5, 5.41) is 2.82. The summed E-state index contributed by atoms with van der Waals surface area (Å²) in [7, 11) is -3.62. The van der Waals surface area contributed by atoms with Crippen molar-refractivity contribution in [1.29, 1.82) is 0 Å². The lowest BCUT2D eigenvalue weighted by Gasteiger charge is -2.19. The first-order valence-corrected chi connectivity index (χ1v) is 10.4. The van der Waals surface area contributed by atoms with Gasteiger partial charge in [0, 0.05) is 24.7 Å². The van der Waals surface area contributed by atoms with Gasteiger partial charge in [-0.1, -0.05) is 20.3 Å². The Morgan fingerprint density at radius 1 is 1.28 bits per heavy atom. The molecule has 7 heteroatoms. The number of carbonyl (C=O) groups is 1. The molecule has 2 rings (SSSR count). The summed E-state index contributed by atoms with van der Waals surface area (Å²) in [6, 6.07) is 4.81. The van der Waals surface area contributed by atoms with Crippen molar-refractivity contribution < 1.29 is 17.9 Å². The number of sulfonamides is 1. The van der Waals surface area contributed by atoms with Crippen LogP contribution in [0.1, 0.15) is 46.5 Å². The van der Waals surface area contributed by atoms with Gasteiger partial charge in [0.05, 0.1) is 6.61 Å². The zero-order valence-corrected chi connectivity index (χ0v) is 16.1. The molecule has 0 aromatic heterocycles. The molecule has 1 aliphatic heterocycles. The van der Waals surface area contributed by atoms with Gasteiger partial charge in [-0.25, -0.2) is 8.42 Å². The molecular weight excluding hydrogens is 340 g/mol. The molecule has 1 unspecified atom stereocenters. The molecule has 1 amide bonds. The minimum atomic E-state index is -3.62. The van der Waals surface area contributed by atoms with Crippen LogP contribution >= 0.6 is 0 Å². The molecule has 6 nitrogen and oxygen atoms in total. The van der Waals surface area contributed by atoms with Crippen molar-refractivity contribution in [1.82, 2.24) is 4.31 Å². The minimum absolute atomic E-state index is 0.101. The molecule has 1 aliphatic rings. The molecule has 1 saturated heterocycles. The Hall–Kier alpha value is -1.60. The van der Waals surface area contributed by atoms with E-state index in [9.17, 15) is 13.2 Å². The van der Waals surface area contributed by atoms with E-state index in [1.807, 2.05) is 20.8 Å². The SMILES string of the molecule is CCCC(C)C(=O)Nc1ccc(OCC)c(S(=O)(=O)N2CCCC2)c1. The summed E-state index contributed by atoms with van der Waals surface area (Å²) in [5.41, 5.74) is 0.481. The van der Waals surface area contributed by atoms with Crippen molar-refractivity contribution in [3.05, 3.63) is 18.2 Å². The lowest BCUT2D eigenvalue weighted by Crippen LogP contribution is -2.28. The normalized spacial score (nSPS) is 16.6. The van der Waals surface area contributed by atoms with Crippen LogP contribution in [0.2, 0.25) is 0 Å². The number of nitrogens with zero attached hydrogens (tertiary/aromatic N) is 1. The van der Waals surface area contributed by atoms with E-state index in [4.69, 9.17) is 4.74 Å². The van der Waals surface area contributed by atoms with E-state index in [1.54, 1.807) is 12.1 Å². The fourth-order valence-electron chi connectivity index (χ4n) is 2.96. The third kappa shape index (κ3) is 4.73. The van der Waals surface area contributed by atoms with Crippen LogP contribution in [0.5, 0.6) is 5.75 Å². The first-order chi connectivity index (χ1) is 11.9. The van der Waals surface area contributed by atoms with Gasteiger partial charge in [0.25, 0.3) is 0 Å². The van der Waals surface area contributed by atoms with E-state index in [2.05, 4.69) is 5.32 Å². The van der Waals surface area contributed by atoms with Crippen LogP contribution in [0.4, 0.5) is 5.69 Å². The quantitative estimate of drug-likeness (QED) is 0.764. The maximum Gasteiger partial charge on any atom is 0.246 e. The van der Waals surface area contributed by atoms with Crippen molar-refractivity contribution in [3.8, 4) is 5.75 Å². The van der Waals surface area contributed by atoms with Gasteiger partial charge >= 0.3 is 0 Å². The molecular formula is C18H28N2O4S. The highest BCUT2D eigenvalue weighted by atomic mass is 32.2. The number of carbonyl (C=O) groups excluding carboxylic acids is 1. The summed E-state index contributed by atoms with van der Waals surface area (Å²) >= 11 is 0. The van der Waals surface area contributed by atoms with E-state index in [-0.39, 0.29) is 16.7 Å². The fraction of sp³-hybridized carbons (Fsp3) is 0.611. The molecule has 1 aromatic rings. The molecule has 1 fully saturated rings. The maximum atomic E-state index is 12.9. The fourth-order valence-corrected chi connectivity index (χ4v) is 4.63. The lowest BCUT2D eigenvalue weighted by molar-refractivity contribution is -0.119. The van der Waals surface area contributed by atoms with Gasteiger partial charge in [-0.15, -0.1) is 0 Å². The highest BCUT2D eigenvalue weighted by Gasteiger charge is 2.30. The molecule has 0 radical (unpaired) electrons. The summed E-state index contributed by atoms with van der Waals surface area (Å²) in [6.45, 7) is 7.14. The van der Waals surface area contributed by atoms with Crippen LogP contribution in [0, 0.1) is 5.92 Å². The van der Waals surface area contributed by atoms with Gasteiger partial charge in [-0.2, -0.15) is 4.31 Å². The number of rotatable bonds is 8. The predicted molar refractivity (Wildman–Crippen MR) is 98.3 cm³/mol. The highest BCUT2D eigenvalue weighted by Crippen LogP contribution is 2.31. The Morgan fingerprint density at radius 3 is 2.56 bits per heavy atom. The zero-order valence-electron chi connectivity index (χ0n) is 15.2. The first kappa shape index (κ1) is 19.7. The van der Waals surface area contributed by atoms with Crippen molar-refractivity contribution in [3.63, 3.8) is 0 Å². The second kappa shape index (κ2) is 8.67. The number of hydrogen-bond acceptors (Lipinski definition) is 4. The monoisotopic (exact) mass is 368 g/mol. The summed E-state index contributed by atoms with van der Waals surface area (Å²) in [5.74, 6) is 0.111. The van der Waals surface area contributed by atoms with E-state index in [0.29, 0.717) is 31.1 Å². The Morgan fingerprint density at radius 2 is 1.96 bits per heavy atom. The lowest BCUT2D eigenvalue weighted by atomic mass is 10.1. The molecule has 0 saturated carbocycles. The van der Waals surface area contributed by atoms with Gasteiger partial charge in [-0.3, -0.25) is 4.79 Å². The van der Waals surface area contributed by atoms with E-state index < -0.39 is 10.0 Å². The van der Waals surface area contributed by atoms with E-state index in [1.165, 1.54) is 10.4 Å². The van der Waals surface area contributed by atoms with Gasteiger partial charge in [0.15, 0.2) is 0 Å². The third-order valence-electron chi connectivity index (χ3n) is 4.36. The van der Waals surface area contributed by atoms with E-state index in [0.717, 1.165) is 25.7 Å². The van der Waals surface area contributed by atoms with Crippen molar-refractivity contribution >= 4 is 21.6 Å². The summed E-state index contributed by atoms with van der Waals surface area (Å²) < 4.78 is 32.9. The van der Waals surface area contributed by atoms with Crippen LogP contribution in [0.25, 0.3) is 0 Å². The van der Waals surface area contributed by atoms with Gasteiger partial charge in [0.2, 0.25) is 15.9 Å². The maximum absolute atomic E-state index is 12.9. The second-order valence-corrected chi connectivity index (χ2v) is 8.29. The average Bonchev–Trinajstić information content (AvgIpc) is 3.12. The second-order valence-electron chi connectivity index (χ2n) is 6.38. The molecule has 0 bridgehead atoms. The number of benzene rings is 1. The summed E-state index contributed by atoms with van der Waals surface area (Å²) in [6.07, 6.45) is 3.45. The Balaban J connectivity index is 2.31. The van der Waals surface area contributed by atoms with E-state index >= 15 is 0 Å². The average molecular weight is 368 g/mol. The molecule has 140 valence electrons. The van der Waals surface area contributed by atoms with Crippen LogP contribution in [-0.4, -0.2) is 38.3 Å². The number of anilines is 1. The third-order valence-corrected chi connectivity index (χ3v) is 6.28. The van der Waals surface area contributed by atoms with Crippen LogP contribution in [0.15, 0.2) is 23.1 Å². The van der Waals surface area contributed by atoms with Crippen LogP contribution in [-0.2, 0) is 14.8 Å². The molecule has 0 aliphatic carbocycles. The molecule has 1 atom stereocenters. The van der Waals surface area contributed by atoms with Crippen molar-refractivity contribution in [2.24, 2.45) is 5.92 Å². The predicted octanol–water partition coefficient (Wildman–Crippen LogP) is 3.24. The Kier molecular flexibility index (Phi) is 6.84. The zero-order chi connectivity index (χ0) is 18.4. The molecule has 1 aromatic carbocycles. The van der Waals surface area contributed by atoms with Crippen LogP contribution < -0.4 is 10.1 Å². The smallest absolute Gasteiger partial charge is 0.246 e. The van der Waals surface area contributed by atoms with Gasteiger partial charge in [0.1, 0.15) is 10.6 Å². The van der Waals surface area contributed by atoms with Gasteiger partial charge < -0.3 is 10.1 Å². The number of ether oxygens (including phenoxy) is 1. The Bertz CT molecular complexity index is 697.